The van der Waals surface area contributed by atoms with E-state index in [-0.39, 0.29) is 5.84 Å². The Morgan fingerprint density at radius 2 is 1.10 bits per heavy atom. The average molecular weight is 798 g/mol. The van der Waals surface area contributed by atoms with Gasteiger partial charge in [-0.25, -0.2) is 0 Å². The van der Waals surface area contributed by atoms with Crippen molar-refractivity contribution in [2.24, 2.45) is 5.73 Å². The van der Waals surface area contributed by atoms with Crippen molar-refractivity contribution in [1.29, 1.82) is 10.8 Å². The Morgan fingerprint density at radius 3 is 1.82 bits per heavy atom. The van der Waals surface area contributed by atoms with E-state index in [1.807, 2.05) is 41.7 Å². The number of hydrogen-bond acceptors (Lipinski definition) is 4. The highest BCUT2D eigenvalue weighted by molar-refractivity contribution is 7.26. The molecule has 1 heterocycles. The van der Waals surface area contributed by atoms with Crippen LogP contribution in [0.2, 0.25) is 0 Å². The zero-order chi connectivity index (χ0) is 42.0. The predicted octanol–water partition coefficient (Wildman–Crippen LogP) is 14.9. The summed E-state index contributed by atoms with van der Waals surface area (Å²) in [5, 5.41) is 20.4. The molecule has 4 nitrogen and oxygen atoms in total. The molecular formula is C55H47N3OS. The van der Waals surface area contributed by atoms with E-state index in [1.165, 1.54) is 80.7 Å². The molecule has 0 aliphatic carbocycles. The summed E-state index contributed by atoms with van der Waals surface area (Å²) in [5.74, 6) is 0.995. The molecule has 0 aliphatic heterocycles. The van der Waals surface area contributed by atoms with Crippen molar-refractivity contribution in [3.05, 3.63) is 211 Å². The molecule has 0 unspecified atom stereocenters. The summed E-state index contributed by atoms with van der Waals surface area (Å²) in [5.41, 5.74) is 15.7. The van der Waals surface area contributed by atoms with Crippen molar-refractivity contribution in [3.8, 4) is 39.1 Å². The number of benzene rings is 9. The van der Waals surface area contributed by atoms with Gasteiger partial charge in [0.25, 0.3) is 0 Å². The molecule has 0 fully saturated rings. The van der Waals surface area contributed by atoms with Gasteiger partial charge in [-0.05, 0) is 99.8 Å². The second kappa shape index (κ2) is 18.9. The van der Waals surface area contributed by atoms with Crippen LogP contribution in [0, 0.1) is 24.7 Å². The van der Waals surface area contributed by atoms with E-state index in [2.05, 4.69) is 184 Å². The fourth-order valence-electron chi connectivity index (χ4n) is 7.67. The number of nitrogens with one attached hydrogen (secondary N) is 2. The quantitative estimate of drug-likeness (QED) is 0.0921. The Labute approximate surface area is 356 Å². The first-order valence-electron chi connectivity index (χ1n) is 19.8. The molecule has 0 aliphatic rings. The number of thiophene rings is 1. The minimum Gasteiger partial charge on any atom is -0.496 e. The molecule has 9 aromatic carbocycles. The van der Waals surface area contributed by atoms with Gasteiger partial charge < -0.3 is 15.9 Å². The number of rotatable bonds is 5. The molecule has 0 spiro atoms. The molecule has 0 amide bonds. The number of nitrogens with two attached hydrogens (primary N) is 1. The van der Waals surface area contributed by atoms with Crippen LogP contribution in [0.4, 0.5) is 0 Å². The first-order valence-corrected chi connectivity index (χ1v) is 20.6. The van der Waals surface area contributed by atoms with E-state index >= 15 is 0 Å². The summed E-state index contributed by atoms with van der Waals surface area (Å²) in [6.07, 6.45) is 0. The van der Waals surface area contributed by atoms with Crippen LogP contribution < -0.4 is 10.5 Å². The van der Waals surface area contributed by atoms with Crippen LogP contribution in [0.1, 0.15) is 16.7 Å². The molecule has 60 heavy (non-hydrogen) atoms. The fourth-order valence-corrected chi connectivity index (χ4v) is 8.84. The van der Waals surface area contributed by atoms with Gasteiger partial charge in [-0.1, -0.05) is 175 Å². The van der Waals surface area contributed by atoms with Crippen molar-refractivity contribution in [2.45, 2.75) is 13.8 Å². The van der Waals surface area contributed by atoms with Gasteiger partial charge in [0.05, 0.1) is 7.11 Å². The fraction of sp³-hybridized carbons (Fsp3) is 0.0545. The van der Waals surface area contributed by atoms with Crippen LogP contribution >= 0.6 is 11.3 Å². The van der Waals surface area contributed by atoms with Crippen LogP contribution in [-0.4, -0.2) is 19.7 Å². The van der Waals surface area contributed by atoms with Crippen molar-refractivity contribution in [1.82, 2.24) is 0 Å². The van der Waals surface area contributed by atoms with Gasteiger partial charge in [-0.3, -0.25) is 5.41 Å². The third-order valence-corrected chi connectivity index (χ3v) is 11.8. The summed E-state index contributed by atoms with van der Waals surface area (Å²) < 4.78 is 8.67. The van der Waals surface area contributed by atoms with E-state index < -0.39 is 0 Å². The number of amidine groups is 1. The van der Waals surface area contributed by atoms with Gasteiger partial charge in [0.1, 0.15) is 11.6 Å². The Hall–Kier alpha value is -7.34. The van der Waals surface area contributed by atoms with Crippen molar-refractivity contribution >= 4 is 65.6 Å². The van der Waals surface area contributed by atoms with Gasteiger partial charge in [-0.15, -0.1) is 11.3 Å². The van der Waals surface area contributed by atoms with E-state index in [1.54, 1.807) is 7.11 Å². The summed E-state index contributed by atoms with van der Waals surface area (Å²) in [4.78, 5) is 0. The van der Waals surface area contributed by atoms with Crippen molar-refractivity contribution in [2.75, 3.05) is 7.11 Å². The van der Waals surface area contributed by atoms with Crippen molar-refractivity contribution < 1.29 is 4.74 Å². The minimum atomic E-state index is 0.121. The lowest BCUT2D eigenvalue weighted by Gasteiger charge is -2.17. The lowest BCUT2D eigenvalue weighted by molar-refractivity contribution is 0.416. The Kier molecular flexibility index (Phi) is 12.9. The molecule has 0 bridgehead atoms. The Morgan fingerprint density at radius 1 is 0.500 bits per heavy atom. The topological polar surface area (TPSA) is 83.0 Å². The first-order chi connectivity index (χ1) is 29.4. The highest BCUT2D eigenvalue weighted by atomic mass is 32.1. The van der Waals surface area contributed by atoms with E-state index in [9.17, 15) is 0 Å². The summed E-state index contributed by atoms with van der Waals surface area (Å²) in [6, 6.07) is 67.8. The SMILES string of the molecule is C=N.COc1ccc(-c2cc3ccccc3c3ccccc23)cc1-c1ccccc1-c1cccc(C)c1.Cc1cccc2c1sc1ccccc12.N=C(N)c1ccccc1. The van der Waals surface area contributed by atoms with Crippen LogP contribution in [0.25, 0.3) is 75.1 Å². The number of nitrogen functional groups attached to an aromatic ring is 1. The molecule has 0 atom stereocenters. The smallest absolute Gasteiger partial charge is 0.126 e. The Balaban J connectivity index is 0.000000177. The van der Waals surface area contributed by atoms with E-state index in [0.717, 1.165) is 16.9 Å². The summed E-state index contributed by atoms with van der Waals surface area (Å²) in [6.45, 7) is 6.82. The van der Waals surface area contributed by atoms with Crippen LogP contribution in [0.5, 0.6) is 5.75 Å². The summed E-state index contributed by atoms with van der Waals surface area (Å²) >= 11 is 1.89. The molecule has 0 saturated carbocycles. The predicted molar refractivity (Wildman–Crippen MR) is 260 cm³/mol. The zero-order valence-electron chi connectivity index (χ0n) is 34.1. The van der Waals surface area contributed by atoms with Crippen LogP contribution in [0.15, 0.2) is 194 Å². The maximum absolute atomic E-state index is 7.01. The van der Waals surface area contributed by atoms with E-state index in [4.69, 9.17) is 21.3 Å². The lowest BCUT2D eigenvalue weighted by Crippen LogP contribution is -2.10. The van der Waals surface area contributed by atoms with Gasteiger partial charge in [0.2, 0.25) is 0 Å². The molecule has 4 N–H and O–H groups in total. The molecule has 0 saturated heterocycles. The highest BCUT2D eigenvalue weighted by Crippen LogP contribution is 2.42. The van der Waals surface area contributed by atoms with Gasteiger partial charge in [-0.2, -0.15) is 0 Å². The van der Waals surface area contributed by atoms with Gasteiger partial charge in [0.15, 0.2) is 0 Å². The molecule has 0 radical (unpaired) electrons. The van der Waals surface area contributed by atoms with Gasteiger partial charge >= 0.3 is 0 Å². The third-order valence-electron chi connectivity index (χ3n) is 10.5. The number of hydrogen-bond donors (Lipinski definition) is 3. The second-order valence-electron chi connectivity index (χ2n) is 14.4. The largest absolute Gasteiger partial charge is 0.496 e. The second-order valence-corrected chi connectivity index (χ2v) is 15.4. The standard InChI is InChI=1S/C34H26O.C13H10S.C7H8N2.CH3N/c1-23-10-9-12-24(20-23)27-14-5-6-16-30(27)33-22-26(18-19-34(33)35-2)32-21-25-11-3-4-13-28(25)29-15-7-8-17-31(29)32;1-9-5-4-7-11-10-6-2-3-8-12(10)14-13(9)11;8-7(9)6-4-2-1-3-5-6;1-2/h3-22H,1-2H3;2-8H,1H3;1-5H,(H3,8,9);2H,1H2. The van der Waals surface area contributed by atoms with Crippen LogP contribution in [0.3, 0.4) is 0 Å². The number of fused-ring (bicyclic) bond motifs is 6. The minimum absolute atomic E-state index is 0.121. The number of methoxy groups -OCH3 is 1. The van der Waals surface area contributed by atoms with Gasteiger partial charge in [0, 0.05) is 31.3 Å². The molecule has 1 aromatic heterocycles. The van der Waals surface area contributed by atoms with E-state index in [0.29, 0.717) is 0 Å². The summed E-state index contributed by atoms with van der Waals surface area (Å²) in [7, 11) is 1.75. The molecule has 10 rings (SSSR count). The number of aryl methyl sites for hydroxylation is 2. The maximum atomic E-state index is 7.01. The Bertz CT molecular complexity index is 3080. The van der Waals surface area contributed by atoms with Crippen molar-refractivity contribution in [3.63, 3.8) is 0 Å². The molecular weight excluding hydrogens is 751 g/mol. The average Bonchev–Trinajstić information content (AvgIpc) is 3.70. The highest BCUT2D eigenvalue weighted by Gasteiger charge is 2.15. The zero-order valence-corrected chi connectivity index (χ0v) is 34.9. The first kappa shape index (κ1) is 40.8. The molecule has 10 aromatic rings. The molecule has 294 valence electrons. The van der Waals surface area contributed by atoms with Crippen LogP contribution in [-0.2, 0) is 0 Å². The normalized spacial score (nSPS) is 10.5. The maximum Gasteiger partial charge on any atom is 0.126 e. The molecule has 5 heteroatoms. The lowest BCUT2D eigenvalue weighted by atomic mass is 9.89. The monoisotopic (exact) mass is 797 g/mol. The number of ether oxygens (including phenoxy) is 1. The third kappa shape index (κ3) is 8.73.